The minimum atomic E-state index is -0.0631. The molecule has 0 fully saturated rings. The first-order valence-electron chi connectivity index (χ1n) is 3.65. The summed E-state index contributed by atoms with van der Waals surface area (Å²) in [5, 5.41) is 0.559. The van der Waals surface area contributed by atoms with Gasteiger partial charge < -0.3 is 4.57 Å². The van der Waals surface area contributed by atoms with Crippen LogP contribution >= 0.6 is 11.6 Å². The van der Waals surface area contributed by atoms with Crippen LogP contribution in [-0.4, -0.2) is 4.57 Å². The summed E-state index contributed by atoms with van der Waals surface area (Å²) in [5.41, 5.74) is -0.0631. The molecule has 12 heavy (non-hydrogen) atoms. The third-order valence-electron chi connectivity index (χ3n) is 1.68. The van der Waals surface area contributed by atoms with Crippen molar-refractivity contribution in [1.82, 2.24) is 4.57 Å². The van der Waals surface area contributed by atoms with E-state index < -0.39 is 0 Å². The van der Waals surface area contributed by atoms with Gasteiger partial charge in [0.1, 0.15) is 0 Å². The van der Waals surface area contributed by atoms with Crippen LogP contribution in [0.25, 0.3) is 0 Å². The van der Waals surface area contributed by atoms with Gasteiger partial charge in [0.15, 0.2) is 0 Å². The van der Waals surface area contributed by atoms with Crippen LogP contribution < -0.4 is 5.56 Å². The number of aromatic nitrogens is 1. The standard InChI is InChI=1S/C9H10ClNO/c1-3-7(2)11-6-8(10)4-5-9(11)12/h3-7H,1H2,2H3/t7-/m0/s1. The molecule has 0 saturated heterocycles. The molecule has 1 aromatic rings. The van der Waals surface area contributed by atoms with Crippen molar-refractivity contribution >= 4 is 11.6 Å². The molecule has 0 unspecified atom stereocenters. The molecular weight excluding hydrogens is 174 g/mol. The molecular formula is C9H10ClNO. The molecule has 1 aromatic heterocycles. The molecule has 0 aliphatic heterocycles. The van der Waals surface area contributed by atoms with E-state index in [9.17, 15) is 4.79 Å². The van der Waals surface area contributed by atoms with Crippen LogP contribution in [0.15, 0.2) is 35.8 Å². The predicted molar refractivity (Wildman–Crippen MR) is 50.6 cm³/mol. The fourth-order valence-corrected chi connectivity index (χ4v) is 1.08. The van der Waals surface area contributed by atoms with Gasteiger partial charge in [0.2, 0.25) is 0 Å². The highest BCUT2D eigenvalue weighted by Crippen LogP contribution is 2.08. The van der Waals surface area contributed by atoms with Gasteiger partial charge in [0.05, 0.1) is 11.1 Å². The second kappa shape index (κ2) is 3.59. The van der Waals surface area contributed by atoms with Crippen molar-refractivity contribution < 1.29 is 0 Å². The van der Waals surface area contributed by atoms with Crippen molar-refractivity contribution in [2.45, 2.75) is 13.0 Å². The van der Waals surface area contributed by atoms with Crippen molar-refractivity contribution in [2.75, 3.05) is 0 Å². The molecule has 0 aliphatic carbocycles. The van der Waals surface area contributed by atoms with Crippen molar-refractivity contribution in [3.63, 3.8) is 0 Å². The van der Waals surface area contributed by atoms with E-state index in [2.05, 4.69) is 6.58 Å². The maximum absolute atomic E-state index is 11.2. The first-order chi connectivity index (χ1) is 5.65. The van der Waals surface area contributed by atoms with Crippen molar-refractivity contribution in [3.8, 4) is 0 Å². The van der Waals surface area contributed by atoms with Crippen LogP contribution in [0, 0.1) is 0 Å². The molecule has 0 N–H and O–H groups in total. The summed E-state index contributed by atoms with van der Waals surface area (Å²) in [6, 6.07) is 3.01. The molecule has 64 valence electrons. The summed E-state index contributed by atoms with van der Waals surface area (Å²) in [6.45, 7) is 5.48. The van der Waals surface area contributed by atoms with Gasteiger partial charge in [0.25, 0.3) is 5.56 Å². The third-order valence-corrected chi connectivity index (χ3v) is 1.91. The number of nitrogens with zero attached hydrogens (tertiary/aromatic N) is 1. The van der Waals surface area contributed by atoms with Gasteiger partial charge in [-0.3, -0.25) is 4.79 Å². The van der Waals surface area contributed by atoms with Crippen LogP contribution in [0.2, 0.25) is 5.02 Å². The molecule has 1 atom stereocenters. The zero-order valence-corrected chi connectivity index (χ0v) is 7.58. The maximum atomic E-state index is 11.2. The Bertz CT molecular complexity index is 343. The van der Waals surface area contributed by atoms with Gasteiger partial charge in [0, 0.05) is 12.3 Å². The number of rotatable bonds is 2. The Morgan fingerprint density at radius 2 is 2.33 bits per heavy atom. The van der Waals surface area contributed by atoms with Gasteiger partial charge >= 0.3 is 0 Å². The van der Waals surface area contributed by atoms with Crippen LogP contribution in [0.5, 0.6) is 0 Å². The summed E-state index contributed by atoms with van der Waals surface area (Å²) in [6.07, 6.45) is 3.30. The van der Waals surface area contributed by atoms with E-state index in [0.29, 0.717) is 5.02 Å². The highest BCUT2D eigenvalue weighted by molar-refractivity contribution is 6.30. The molecule has 0 radical (unpaired) electrons. The lowest BCUT2D eigenvalue weighted by molar-refractivity contribution is 0.635. The Balaban J connectivity index is 3.22. The monoisotopic (exact) mass is 183 g/mol. The quantitative estimate of drug-likeness (QED) is 0.645. The fraction of sp³-hybridized carbons (Fsp3) is 0.222. The number of pyridine rings is 1. The predicted octanol–water partition coefficient (Wildman–Crippen LogP) is 2.25. The molecule has 1 rings (SSSR count). The first-order valence-corrected chi connectivity index (χ1v) is 4.03. The smallest absolute Gasteiger partial charge is 0.251 e. The van der Waals surface area contributed by atoms with Gasteiger partial charge in [-0.1, -0.05) is 17.7 Å². The molecule has 0 aromatic carbocycles. The van der Waals surface area contributed by atoms with Crippen LogP contribution in [0.3, 0.4) is 0 Å². The van der Waals surface area contributed by atoms with Crippen molar-refractivity contribution in [1.29, 1.82) is 0 Å². The summed E-state index contributed by atoms with van der Waals surface area (Å²) in [5.74, 6) is 0. The van der Waals surface area contributed by atoms with E-state index in [1.54, 1.807) is 18.3 Å². The third kappa shape index (κ3) is 1.77. The van der Waals surface area contributed by atoms with E-state index in [0.717, 1.165) is 0 Å². The SMILES string of the molecule is C=C[C@H](C)n1cc(Cl)ccc1=O. The Hall–Kier alpha value is -1.02. The van der Waals surface area contributed by atoms with Crippen LogP contribution in [0.1, 0.15) is 13.0 Å². The molecule has 0 amide bonds. The summed E-state index contributed by atoms with van der Waals surface area (Å²) in [7, 11) is 0. The highest BCUT2D eigenvalue weighted by Gasteiger charge is 2.01. The molecule has 0 aliphatic rings. The average molecular weight is 184 g/mol. The zero-order valence-electron chi connectivity index (χ0n) is 6.83. The van der Waals surface area contributed by atoms with Gasteiger partial charge in [-0.25, -0.2) is 0 Å². The Morgan fingerprint density at radius 3 is 2.92 bits per heavy atom. The molecule has 0 bridgehead atoms. The van der Waals surface area contributed by atoms with E-state index in [1.807, 2.05) is 6.92 Å². The Labute approximate surface area is 76.1 Å². The normalized spacial score (nSPS) is 12.5. The number of halogens is 1. The maximum Gasteiger partial charge on any atom is 0.251 e. The van der Waals surface area contributed by atoms with Crippen LogP contribution in [-0.2, 0) is 0 Å². The summed E-state index contributed by atoms with van der Waals surface area (Å²) in [4.78, 5) is 11.2. The van der Waals surface area contributed by atoms with Gasteiger partial charge in [-0.05, 0) is 13.0 Å². The second-order valence-corrected chi connectivity index (χ2v) is 3.01. The zero-order chi connectivity index (χ0) is 9.14. The lowest BCUT2D eigenvalue weighted by Gasteiger charge is -2.09. The molecule has 1 heterocycles. The summed E-state index contributed by atoms with van der Waals surface area (Å²) < 4.78 is 1.54. The lowest BCUT2D eigenvalue weighted by Crippen LogP contribution is -2.20. The van der Waals surface area contributed by atoms with E-state index in [-0.39, 0.29) is 11.6 Å². The van der Waals surface area contributed by atoms with Crippen molar-refractivity contribution in [3.05, 3.63) is 46.4 Å². The minimum Gasteiger partial charge on any atom is -0.307 e. The van der Waals surface area contributed by atoms with E-state index in [4.69, 9.17) is 11.6 Å². The van der Waals surface area contributed by atoms with Gasteiger partial charge in [-0.15, -0.1) is 6.58 Å². The lowest BCUT2D eigenvalue weighted by atomic mass is 10.3. The molecule has 2 nitrogen and oxygen atoms in total. The fourth-order valence-electron chi connectivity index (χ4n) is 0.908. The number of hydrogen-bond donors (Lipinski definition) is 0. The molecule has 0 saturated carbocycles. The Kier molecular flexibility index (Phi) is 2.71. The summed E-state index contributed by atoms with van der Waals surface area (Å²) >= 11 is 5.72. The highest BCUT2D eigenvalue weighted by atomic mass is 35.5. The largest absolute Gasteiger partial charge is 0.307 e. The minimum absolute atomic E-state index is 0.0174. The topological polar surface area (TPSA) is 22.0 Å². The first kappa shape index (κ1) is 9.07. The van der Waals surface area contributed by atoms with Gasteiger partial charge in [-0.2, -0.15) is 0 Å². The number of allylic oxidation sites excluding steroid dienone is 1. The molecule has 0 spiro atoms. The van der Waals surface area contributed by atoms with Crippen LogP contribution in [0.4, 0.5) is 0 Å². The van der Waals surface area contributed by atoms with Crippen molar-refractivity contribution in [2.24, 2.45) is 0 Å². The average Bonchev–Trinajstić information content (AvgIpc) is 2.08. The van der Waals surface area contributed by atoms with E-state index in [1.165, 1.54) is 10.6 Å². The molecule has 3 heteroatoms. The van der Waals surface area contributed by atoms with E-state index >= 15 is 0 Å². The Morgan fingerprint density at radius 1 is 1.67 bits per heavy atom. The number of hydrogen-bond acceptors (Lipinski definition) is 1. The second-order valence-electron chi connectivity index (χ2n) is 2.57.